The molecule has 30 heavy (non-hydrogen) atoms. The third-order valence-electron chi connectivity index (χ3n) is 4.69. The third-order valence-corrected chi connectivity index (χ3v) is 4.69. The Labute approximate surface area is 174 Å². The first kappa shape index (κ1) is 19.3. The highest BCUT2D eigenvalue weighted by Crippen LogP contribution is 2.27. The van der Waals surface area contributed by atoms with Crippen molar-refractivity contribution in [1.82, 2.24) is 20.5 Å². The van der Waals surface area contributed by atoms with Crippen LogP contribution >= 0.6 is 0 Å². The van der Waals surface area contributed by atoms with Crippen molar-refractivity contribution in [3.63, 3.8) is 0 Å². The molecule has 0 saturated carbocycles. The number of rotatable bonds is 6. The fourth-order valence-electron chi connectivity index (χ4n) is 3.14. The molecule has 2 aromatic heterocycles. The van der Waals surface area contributed by atoms with Crippen LogP contribution < -0.4 is 15.4 Å². The van der Waals surface area contributed by atoms with Gasteiger partial charge in [-0.2, -0.15) is 5.10 Å². The average Bonchev–Trinajstić information content (AvgIpc) is 2.79. The lowest BCUT2D eigenvalue weighted by molar-refractivity contribution is 0.248. The molecule has 0 spiro atoms. The number of carbonyl (C=O) groups excluding carboxylic acids is 1. The van der Waals surface area contributed by atoms with Gasteiger partial charge >= 0.3 is 6.03 Å². The van der Waals surface area contributed by atoms with Crippen LogP contribution in [0, 0.1) is 0 Å². The number of anilines is 1. The second-order valence-corrected chi connectivity index (χ2v) is 6.70. The number of aromatic nitrogens is 3. The maximum absolute atomic E-state index is 12.4. The number of nitrogens with one attached hydrogen (secondary N) is 2. The monoisotopic (exact) mass is 399 g/mol. The molecular formula is C23H21N5O2. The van der Waals surface area contributed by atoms with Gasteiger partial charge in [-0.05, 0) is 54.4 Å². The first-order valence-corrected chi connectivity index (χ1v) is 9.68. The van der Waals surface area contributed by atoms with Crippen molar-refractivity contribution in [1.29, 1.82) is 0 Å². The highest BCUT2D eigenvalue weighted by molar-refractivity contribution is 5.89. The van der Waals surface area contributed by atoms with Crippen molar-refractivity contribution >= 4 is 22.5 Å². The van der Waals surface area contributed by atoms with Crippen molar-refractivity contribution in [2.45, 2.75) is 19.4 Å². The molecule has 4 rings (SSSR count). The largest absolute Gasteiger partial charge is 0.437 e. The molecule has 2 amide bonds. The zero-order valence-corrected chi connectivity index (χ0v) is 16.4. The van der Waals surface area contributed by atoms with E-state index in [4.69, 9.17) is 4.74 Å². The number of carbonyl (C=O) groups is 1. The fraction of sp³-hybridized carbons (Fsp3) is 0.130. The van der Waals surface area contributed by atoms with E-state index in [2.05, 4.69) is 25.8 Å². The number of amides is 2. The molecule has 7 nitrogen and oxygen atoms in total. The van der Waals surface area contributed by atoms with Gasteiger partial charge in [0.2, 0.25) is 5.88 Å². The summed E-state index contributed by atoms with van der Waals surface area (Å²) in [6.45, 7) is 2.02. The van der Waals surface area contributed by atoms with Crippen molar-refractivity contribution in [3.8, 4) is 11.6 Å². The summed E-state index contributed by atoms with van der Waals surface area (Å²) in [6.07, 6.45) is 5.91. The van der Waals surface area contributed by atoms with Gasteiger partial charge in [-0.3, -0.25) is 4.98 Å². The van der Waals surface area contributed by atoms with E-state index in [0.717, 1.165) is 22.8 Å². The van der Waals surface area contributed by atoms with E-state index in [9.17, 15) is 4.79 Å². The van der Waals surface area contributed by atoms with Crippen molar-refractivity contribution < 1.29 is 9.53 Å². The molecule has 0 fully saturated rings. The smallest absolute Gasteiger partial charge is 0.319 e. The number of pyridine rings is 1. The van der Waals surface area contributed by atoms with Crippen LogP contribution in [0.3, 0.4) is 0 Å². The van der Waals surface area contributed by atoms with Crippen molar-refractivity contribution in [3.05, 3.63) is 84.8 Å². The Bertz CT molecular complexity index is 1130. The number of urea groups is 1. The molecule has 150 valence electrons. The number of hydrogen-bond donors (Lipinski definition) is 2. The molecule has 0 bridgehead atoms. The van der Waals surface area contributed by atoms with Gasteiger partial charge in [0.15, 0.2) is 0 Å². The summed E-state index contributed by atoms with van der Waals surface area (Å²) in [5.74, 6) is 1.05. The molecule has 2 heterocycles. The van der Waals surface area contributed by atoms with E-state index >= 15 is 0 Å². The fourth-order valence-corrected chi connectivity index (χ4v) is 3.14. The molecule has 0 aliphatic heterocycles. The van der Waals surface area contributed by atoms with Crippen molar-refractivity contribution in [2.75, 3.05) is 5.32 Å². The Hall–Kier alpha value is -4.00. The molecule has 2 aromatic carbocycles. The minimum atomic E-state index is -0.271. The molecular weight excluding hydrogens is 378 g/mol. The Morgan fingerprint density at radius 2 is 1.80 bits per heavy atom. The van der Waals surface area contributed by atoms with Crippen LogP contribution in [0.15, 0.2) is 79.3 Å². The van der Waals surface area contributed by atoms with Crippen LogP contribution in [0.4, 0.5) is 10.5 Å². The number of benzene rings is 2. The molecule has 4 aromatic rings. The number of hydrogen-bond acceptors (Lipinski definition) is 5. The highest BCUT2D eigenvalue weighted by Gasteiger charge is 2.13. The minimum absolute atomic E-state index is 0.0828. The SMILES string of the molecule is CC[C@H](NC(=O)Nc1ccc(Oc2nncc3ccccc23)cc1)c1ccncc1. The van der Waals surface area contributed by atoms with Crippen LogP contribution in [0.1, 0.15) is 24.9 Å². The van der Waals surface area contributed by atoms with Crippen molar-refractivity contribution in [2.24, 2.45) is 0 Å². The normalized spacial score (nSPS) is 11.6. The summed E-state index contributed by atoms with van der Waals surface area (Å²) < 4.78 is 5.88. The molecule has 7 heteroatoms. The summed E-state index contributed by atoms with van der Waals surface area (Å²) >= 11 is 0. The van der Waals surface area contributed by atoms with E-state index in [-0.39, 0.29) is 12.1 Å². The Morgan fingerprint density at radius 3 is 2.57 bits per heavy atom. The molecule has 0 unspecified atom stereocenters. The number of ether oxygens (including phenoxy) is 1. The second-order valence-electron chi connectivity index (χ2n) is 6.70. The van der Waals surface area contributed by atoms with Gasteiger partial charge in [-0.25, -0.2) is 4.79 Å². The Morgan fingerprint density at radius 1 is 1.03 bits per heavy atom. The quantitative estimate of drug-likeness (QED) is 0.471. The van der Waals surface area contributed by atoms with Gasteiger partial charge < -0.3 is 15.4 Å². The van der Waals surface area contributed by atoms with Gasteiger partial charge in [0.05, 0.1) is 12.2 Å². The van der Waals surface area contributed by atoms with Gasteiger partial charge in [0, 0.05) is 28.9 Å². The molecule has 0 radical (unpaired) electrons. The Kier molecular flexibility index (Phi) is 5.80. The maximum atomic E-state index is 12.4. The first-order valence-electron chi connectivity index (χ1n) is 9.68. The summed E-state index contributed by atoms with van der Waals surface area (Å²) in [4.78, 5) is 16.4. The van der Waals surface area contributed by atoms with E-state index in [1.54, 1.807) is 42.9 Å². The van der Waals surface area contributed by atoms with Crippen LogP contribution in [-0.2, 0) is 0 Å². The zero-order chi connectivity index (χ0) is 20.8. The van der Waals surface area contributed by atoms with Gasteiger partial charge in [-0.1, -0.05) is 25.1 Å². The van der Waals surface area contributed by atoms with Gasteiger partial charge in [0.25, 0.3) is 0 Å². The van der Waals surface area contributed by atoms with E-state index in [0.29, 0.717) is 17.3 Å². The standard InChI is InChI=1S/C23H21N5O2/c1-2-21(16-11-13-24-14-12-16)27-23(29)26-18-7-9-19(10-8-18)30-22-20-6-4-3-5-17(20)15-25-28-22/h3-15,21H,2H2,1H3,(H2,26,27,29)/t21-/m0/s1. The van der Waals surface area contributed by atoms with Crippen LogP contribution in [0.2, 0.25) is 0 Å². The minimum Gasteiger partial charge on any atom is -0.437 e. The number of fused-ring (bicyclic) bond motifs is 1. The summed E-state index contributed by atoms with van der Waals surface area (Å²) in [7, 11) is 0. The van der Waals surface area contributed by atoms with E-state index in [1.807, 2.05) is 43.3 Å². The molecule has 0 aliphatic rings. The molecule has 0 saturated heterocycles. The lowest BCUT2D eigenvalue weighted by Crippen LogP contribution is -2.32. The van der Waals surface area contributed by atoms with Crippen LogP contribution in [0.5, 0.6) is 11.6 Å². The molecule has 1 atom stereocenters. The lowest BCUT2D eigenvalue weighted by atomic mass is 10.1. The van der Waals surface area contributed by atoms with E-state index < -0.39 is 0 Å². The summed E-state index contributed by atoms with van der Waals surface area (Å²) in [5.41, 5.74) is 1.68. The predicted molar refractivity (Wildman–Crippen MR) is 115 cm³/mol. The molecule has 0 aliphatic carbocycles. The zero-order valence-electron chi connectivity index (χ0n) is 16.4. The number of nitrogens with zero attached hydrogens (tertiary/aromatic N) is 3. The summed E-state index contributed by atoms with van der Waals surface area (Å²) in [5, 5.41) is 15.7. The van der Waals surface area contributed by atoms with Gasteiger partial charge in [-0.15, -0.1) is 5.10 Å². The lowest BCUT2D eigenvalue weighted by Gasteiger charge is -2.17. The van der Waals surface area contributed by atoms with Crippen LogP contribution in [0.25, 0.3) is 10.8 Å². The first-order chi connectivity index (χ1) is 14.7. The second kappa shape index (κ2) is 9.00. The predicted octanol–water partition coefficient (Wildman–Crippen LogP) is 5.09. The van der Waals surface area contributed by atoms with Gasteiger partial charge in [0.1, 0.15) is 5.75 Å². The van der Waals surface area contributed by atoms with Crippen LogP contribution in [-0.4, -0.2) is 21.2 Å². The Balaban J connectivity index is 1.40. The maximum Gasteiger partial charge on any atom is 0.319 e. The third kappa shape index (κ3) is 4.52. The van der Waals surface area contributed by atoms with E-state index in [1.165, 1.54) is 0 Å². The topological polar surface area (TPSA) is 89.0 Å². The molecule has 2 N–H and O–H groups in total. The highest BCUT2D eigenvalue weighted by atomic mass is 16.5. The average molecular weight is 399 g/mol. The summed E-state index contributed by atoms with van der Waals surface area (Å²) in [6, 6.07) is 18.3.